The third kappa shape index (κ3) is 8.23. The number of rotatable bonds is 14. The van der Waals surface area contributed by atoms with Crippen molar-refractivity contribution in [1.82, 2.24) is 34.5 Å². The molecular formula is C35H34FN10O2S2+. The number of anilines is 2. The lowest BCUT2D eigenvalue weighted by atomic mass is 10.3. The second-order valence-electron chi connectivity index (χ2n) is 10.9. The van der Waals surface area contributed by atoms with Gasteiger partial charge in [0.2, 0.25) is 11.4 Å². The lowest BCUT2D eigenvalue weighted by Gasteiger charge is -2.11. The summed E-state index contributed by atoms with van der Waals surface area (Å²) in [7, 11) is 0. The van der Waals surface area contributed by atoms with Gasteiger partial charge in [0.25, 0.3) is 11.7 Å². The van der Waals surface area contributed by atoms with Crippen LogP contribution in [0.3, 0.4) is 0 Å². The van der Waals surface area contributed by atoms with E-state index in [1.165, 1.54) is 11.8 Å². The number of benzene rings is 2. The van der Waals surface area contributed by atoms with Crippen molar-refractivity contribution in [1.29, 1.82) is 0 Å². The van der Waals surface area contributed by atoms with Crippen LogP contribution in [0.15, 0.2) is 120 Å². The molecule has 0 radical (unpaired) electrons. The average molecular weight is 710 g/mol. The van der Waals surface area contributed by atoms with Gasteiger partial charge in [0.05, 0.1) is 23.4 Å². The van der Waals surface area contributed by atoms with Crippen LogP contribution in [0.25, 0.3) is 23.0 Å². The normalized spacial score (nSPS) is 12.3. The molecule has 0 saturated carbocycles. The van der Waals surface area contributed by atoms with Gasteiger partial charge in [-0.05, 0) is 85.9 Å². The largest absolute Gasteiger partial charge is 0.337 e. The summed E-state index contributed by atoms with van der Waals surface area (Å²) >= 11 is 2.00. The standard InChI is InChI=1S/C35H33FN10O2S2/c1-3-44-33(28-19-11-13-21-38-28)46(43-35(44)49-24(2)31(47)39-25-14-6-4-7-15-25)23-22-45-30(27-18-10-12-20-37-27)41-42-34(45)50-29(36)32(48)40-26-16-8-5-9-17-26/h4-21,24,29H,3,22-23H2,1-2H3,(H-,39,40,47,48)/p+1. The van der Waals surface area contributed by atoms with Gasteiger partial charge in [-0.3, -0.25) is 19.1 Å². The summed E-state index contributed by atoms with van der Waals surface area (Å²) in [5, 5.41) is 19.5. The second kappa shape index (κ2) is 16.3. The smallest absolute Gasteiger partial charge is 0.325 e. The van der Waals surface area contributed by atoms with Crippen LogP contribution in [-0.4, -0.2) is 57.1 Å². The number of aryl methyl sites for hydroxylation is 1. The Morgan fingerprint density at radius 3 is 1.98 bits per heavy atom. The molecule has 6 aromatic rings. The lowest BCUT2D eigenvalue weighted by Crippen LogP contribution is -2.37. The number of nitrogens with one attached hydrogen (secondary N) is 2. The first-order chi connectivity index (χ1) is 24.4. The molecule has 0 aliphatic rings. The Hall–Kier alpha value is -5.41. The molecule has 12 nitrogen and oxygen atoms in total. The maximum Gasteiger partial charge on any atom is 0.337 e. The van der Waals surface area contributed by atoms with E-state index in [4.69, 9.17) is 5.10 Å². The number of para-hydroxylation sites is 2. The Balaban J connectivity index is 1.29. The number of hydrogen-bond acceptors (Lipinski definition) is 9. The van der Waals surface area contributed by atoms with Crippen LogP contribution in [0.2, 0.25) is 0 Å². The fourth-order valence-electron chi connectivity index (χ4n) is 5.03. The fourth-order valence-corrected chi connectivity index (χ4v) is 6.74. The molecule has 2 amide bonds. The number of aromatic nitrogens is 8. The molecule has 0 bridgehead atoms. The van der Waals surface area contributed by atoms with Gasteiger partial charge < -0.3 is 10.6 Å². The summed E-state index contributed by atoms with van der Waals surface area (Å²) in [6.45, 7) is 4.97. The predicted octanol–water partition coefficient (Wildman–Crippen LogP) is 5.75. The number of halogens is 1. The van der Waals surface area contributed by atoms with Gasteiger partial charge >= 0.3 is 5.16 Å². The molecule has 2 unspecified atom stereocenters. The van der Waals surface area contributed by atoms with Gasteiger partial charge in [-0.1, -0.05) is 48.5 Å². The molecule has 0 aliphatic heterocycles. The molecule has 2 aromatic carbocycles. The minimum Gasteiger partial charge on any atom is -0.325 e. The first kappa shape index (κ1) is 34.5. The third-order valence-electron chi connectivity index (χ3n) is 7.44. The molecule has 0 aliphatic carbocycles. The number of thioether (sulfide) groups is 2. The van der Waals surface area contributed by atoms with E-state index >= 15 is 4.39 Å². The van der Waals surface area contributed by atoms with E-state index in [0.717, 1.165) is 5.82 Å². The molecular weight excluding hydrogens is 676 g/mol. The van der Waals surface area contributed by atoms with Crippen molar-refractivity contribution in [2.75, 3.05) is 10.6 Å². The molecule has 4 aromatic heterocycles. The number of carbonyl (C=O) groups excluding carboxylic acids is 2. The second-order valence-corrected chi connectivity index (χ2v) is 13.2. The summed E-state index contributed by atoms with van der Waals surface area (Å²) in [6, 6.07) is 29.1. The quantitative estimate of drug-likeness (QED) is 0.107. The maximum absolute atomic E-state index is 15.4. The molecule has 0 spiro atoms. The summed E-state index contributed by atoms with van der Waals surface area (Å²) in [4.78, 5) is 35.0. The number of pyridine rings is 2. The van der Waals surface area contributed by atoms with Gasteiger partial charge in [0.1, 0.15) is 17.9 Å². The van der Waals surface area contributed by atoms with E-state index in [1.54, 1.807) is 53.4 Å². The van der Waals surface area contributed by atoms with E-state index < -0.39 is 16.7 Å². The van der Waals surface area contributed by atoms with Crippen LogP contribution in [0, 0.1) is 0 Å². The van der Waals surface area contributed by atoms with Crippen LogP contribution >= 0.6 is 23.5 Å². The van der Waals surface area contributed by atoms with Crippen LogP contribution in [0.1, 0.15) is 13.8 Å². The number of alkyl halides is 1. The Labute approximate surface area is 296 Å². The van der Waals surface area contributed by atoms with Gasteiger partial charge in [0, 0.05) is 23.8 Å². The Morgan fingerprint density at radius 2 is 1.38 bits per heavy atom. The van der Waals surface area contributed by atoms with Crippen molar-refractivity contribution in [2.24, 2.45) is 0 Å². The van der Waals surface area contributed by atoms with Gasteiger partial charge in [0.15, 0.2) is 11.0 Å². The number of hydrogen-bond donors (Lipinski definition) is 2. The highest BCUT2D eigenvalue weighted by atomic mass is 32.2. The molecule has 6 rings (SSSR count). The molecule has 0 fully saturated rings. The maximum atomic E-state index is 15.4. The Bertz CT molecular complexity index is 2030. The molecule has 2 N–H and O–H groups in total. The zero-order valence-electron chi connectivity index (χ0n) is 27.3. The van der Waals surface area contributed by atoms with Crippen LogP contribution in [0.5, 0.6) is 0 Å². The molecule has 50 heavy (non-hydrogen) atoms. The Morgan fingerprint density at radius 1 is 0.780 bits per heavy atom. The monoisotopic (exact) mass is 709 g/mol. The molecule has 15 heteroatoms. The summed E-state index contributed by atoms with van der Waals surface area (Å²) in [6.07, 6.45) is 3.35. The van der Waals surface area contributed by atoms with E-state index in [9.17, 15) is 9.59 Å². The van der Waals surface area contributed by atoms with Crippen molar-refractivity contribution >= 4 is 46.7 Å². The number of nitrogens with zero attached hydrogens (tertiary/aromatic N) is 8. The SMILES string of the molecule is CC[n+]1c(SC(C)C(=O)Nc2ccccc2)nn(CCn2c(SC(F)C(=O)Nc3ccccc3)nnc2-c2ccccn2)c1-c1ccccn1. The zero-order chi connectivity index (χ0) is 34.9. The van der Waals surface area contributed by atoms with Crippen molar-refractivity contribution < 1.29 is 18.5 Å². The van der Waals surface area contributed by atoms with Crippen molar-refractivity contribution in [3.8, 4) is 23.0 Å². The first-order valence-corrected chi connectivity index (χ1v) is 17.6. The van der Waals surface area contributed by atoms with Gasteiger partial charge in [-0.2, -0.15) is 0 Å². The van der Waals surface area contributed by atoms with E-state index in [2.05, 4.69) is 30.8 Å². The predicted molar refractivity (Wildman–Crippen MR) is 191 cm³/mol. The van der Waals surface area contributed by atoms with E-state index in [0.29, 0.717) is 58.6 Å². The fraction of sp³-hybridized carbons (Fsp3) is 0.200. The van der Waals surface area contributed by atoms with E-state index in [-0.39, 0.29) is 17.6 Å². The summed E-state index contributed by atoms with van der Waals surface area (Å²) in [5.41, 5.74) is 0.478. The minimum absolute atomic E-state index is 0.152. The summed E-state index contributed by atoms with van der Waals surface area (Å²) in [5.74, 6) is 0.190. The molecule has 0 saturated heterocycles. The average Bonchev–Trinajstić information content (AvgIpc) is 3.72. The lowest BCUT2D eigenvalue weighted by molar-refractivity contribution is -0.720. The zero-order valence-corrected chi connectivity index (χ0v) is 28.9. The van der Waals surface area contributed by atoms with Crippen molar-refractivity contribution in [2.45, 2.75) is 54.5 Å². The van der Waals surface area contributed by atoms with E-state index in [1.807, 2.05) is 83.8 Å². The van der Waals surface area contributed by atoms with Crippen molar-refractivity contribution in [3.63, 3.8) is 0 Å². The minimum atomic E-state index is -1.96. The highest BCUT2D eigenvalue weighted by molar-refractivity contribution is 8.00. The summed E-state index contributed by atoms with van der Waals surface area (Å²) < 4.78 is 21.0. The first-order valence-electron chi connectivity index (χ1n) is 15.9. The van der Waals surface area contributed by atoms with Gasteiger partial charge in [-0.15, -0.1) is 14.9 Å². The number of amides is 2. The number of carbonyl (C=O) groups is 2. The molecule has 2 atom stereocenters. The van der Waals surface area contributed by atoms with Crippen LogP contribution in [0.4, 0.5) is 15.8 Å². The Kier molecular flexibility index (Phi) is 11.3. The van der Waals surface area contributed by atoms with Crippen LogP contribution in [-0.2, 0) is 29.2 Å². The highest BCUT2D eigenvalue weighted by Gasteiger charge is 2.31. The highest BCUT2D eigenvalue weighted by Crippen LogP contribution is 2.29. The topological polar surface area (TPSA) is 136 Å². The molecule has 4 heterocycles. The molecule has 254 valence electrons. The third-order valence-corrected chi connectivity index (χ3v) is 9.46. The van der Waals surface area contributed by atoms with Crippen LogP contribution < -0.4 is 15.2 Å². The van der Waals surface area contributed by atoms with Gasteiger partial charge in [-0.25, -0.2) is 13.9 Å². The van der Waals surface area contributed by atoms with Crippen molar-refractivity contribution in [3.05, 3.63) is 109 Å².